The third kappa shape index (κ3) is 5.16. The number of rotatable bonds is 8. The molecule has 13 heteroatoms. The van der Waals surface area contributed by atoms with E-state index in [2.05, 4.69) is 10.6 Å². The molecular weight excluding hydrogens is 438 g/mol. The van der Waals surface area contributed by atoms with Gasteiger partial charge in [-0.15, -0.1) is 0 Å². The number of nitrogens with zero attached hydrogens (tertiary/aromatic N) is 3. The number of carbonyl (C=O) groups is 1. The van der Waals surface area contributed by atoms with E-state index in [1.54, 1.807) is 24.3 Å². The van der Waals surface area contributed by atoms with Crippen molar-refractivity contribution in [2.75, 3.05) is 17.7 Å². The molecule has 0 aromatic heterocycles. The van der Waals surface area contributed by atoms with Crippen LogP contribution in [-0.4, -0.2) is 27.8 Å². The summed E-state index contributed by atoms with van der Waals surface area (Å²) in [6, 6.07) is 13.5. The van der Waals surface area contributed by atoms with E-state index in [9.17, 15) is 35.1 Å². The van der Waals surface area contributed by atoms with Crippen molar-refractivity contribution in [3.8, 4) is 5.75 Å². The second-order valence-corrected chi connectivity index (χ2v) is 6.52. The summed E-state index contributed by atoms with van der Waals surface area (Å²) in [5.74, 6) is 0.192. The Morgan fingerprint density at radius 1 is 0.788 bits per heavy atom. The van der Waals surface area contributed by atoms with Gasteiger partial charge in [-0.05, 0) is 48.5 Å². The van der Waals surface area contributed by atoms with Gasteiger partial charge in [0.25, 0.3) is 11.6 Å². The van der Waals surface area contributed by atoms with Crippen molar-refractivity contribution in [3.63, 3.8) is 0 Å². The zero-order valence-electron chi connectivity index (χ0n) is 16.9. The van der Waals surface area contributed by atoms with Crippen molar-refractivity contribution >= 4 is 40.0 Å². The molecule has 0 unspecified atom stereocenters. The van der Waals surface area contributed by atoms with Crippen LogP contribution < -0.4 is 15.4 Å². The van der Waals surface area contributed by atoms with E-state index >= 15 is 0 Å². The summed E-state index contributed by atoms with van der Waals surface area (Å²) in [6.45, 7) is 0. The number of nitro benzene ring substituents is 3. The summed E-state index contributed by atoms with van der Waals surface area (Å²) in [7, 11) is 1.52. The van der Waals surface area contributed by atoms with E-state index in [4.69, 9.17) is 4.74 Å². The van der Waals surface area contributed by atoms with Crippen LogP contribution in [0.3, 0.4) is 0 Å². The third-order valence-electron chi connectivity index (χ3n) is 4.45. The molecule has 168 valence electrons. The number of nitrogens with one attached hydrogen (secondary N) is 2. The number of non-ortho nitro benzene ring substituents is 1. The predicted molar refractivity (Wildman–Crippen MR) is 117 cm³/mol. The highest BCUT2D eigenvalue weighted by atomic mass is 16.6. The predicted octanol–water partition coefficient (Wildman–Crippen LogP) is 4.42. The van der Waals surface area contributed by atoms with E-state index in [1.807, 2.05) is 0 Å². The summed E-state index contributed by atoms with van der Waals surface area (Å²) in [4.78, 5) is 43.3. The highest BCUT2D eigenvalue weighted by molar-refractivity contribution is 6.04. The summed E-state index contributed by atoms with van der Waals surface area (Å²) in [6.07, 6.45) is 0. The normalized spacial score (nSPS) is 10.2. The molecule has 2 N–H and O–H groups in total. The van der Waals surface area contributed by atoms with Crippen LogP contribution in [0.5, 0.6) is 5.75 Å². The molecule has 0 fully saturated rings. The van der Waals surface area contributed by atoms with Crippen molar-refractivity contribution < 1.29 is 24.3 Å². The summed E-state index contributed by atoms with van der Waals surface area (Å²) in [5.41, 5.74) is -2.01. The van der Waals surface area contributed by atoms with Crippen molar-refractivity contribution in [2.24, 2.45) is 0 Å². The topological polar surface area (TPSA) is 180 Å². The Kier molecular flexibility index (Phi) is 6.43. The van der Waals surface area contributed by atoms with E-state index in [-0.39, 0.29) is 11.3 Å². The fourth-order valence-corrected chi connectivity index (χ4v) is 2.85. The van der Waals surface area contributed by atoms with Crippen molar-refractivity contribution in [1.29, 1.82) is 0 Å². The van der Waals surface area contributed by atoms with E-state index in [1.165, 1.54) is 31.4 Å². The van der Waals surface area contributed by atoms with Gasteiger partial charge in [-0.2, -0.15) is 0 Å². The number of methoxy groups -OCH3 is 1. The minimum atomic E-state index is -0.959. The molecule has 0 aliphatic heterocycles. The minimum absolute atomic E-state index is 0.191. The Morgan fingerprint density at radius 2 is 1.30 bits per heavy atom. The van der Waals surface area contributed by atoms with Crippen molar-refractivity contribution in [2.45, 2.75) is 0 Å². The molecule has 13 nitrogen and oxygen atoms in total. The number of ether oxygens (including phenoxy) is 1. The molecule has 33 heavy (non-hydrogen) atoms. The van der Waals surface area contributed by atoms with Gasteiger partial charge < -0.3 is 15.4 Å². The number of benzene rings is 3. The quantitative estimate of drug-likeness (QED) is 0.369. The Labute approximate surface area is 185 Å². The standard InChI is InChI=1S/C20H15N5O8/c1-33-16-8-6-14(7-9-16)22-20(26)12-2-4-13(5-3-12)21-19-17(24(29)30)10-15(23(27)28)11-18(19)25(31)32/h2-11,21H,1H3,(H,22,26). The van der Waals surface area contributed by atoms with Gasteiger partial charge in [0.2, 0.25) is 0 Å². The van der Waals surface area contributed by atoms with Crippen molar-refractivity contribution in [1.82, 2.24) is 0 Å². The monoisotopic (exact) mass is 453 g/mol. The molecule has 1 amide bonds. The fraction of sp³-hybridized carbons (Fsp3) is 0.0500. The molecule has 3 rings (SSSR count). The van der Waals surface area contributed by atoms with Crippen LogP contribution in [0.2, 0.25) is 0 Å². The first kappa shape index (κ1) is 22.6. The lowest BCUT2D eigenvalue weighted by molar-refractivity contribution is -0.401. The molecule has 0 bridgehead atoms. The second-order valence-electron chi connectivity index (χ2n) is 6.52. The molecule has 0 heterocycles. The number of carbonyl (C=O) groups excluding carboxylic acids is 1. The average Bonchev–Trinajstić information content (AvgIpc) is 2.79. The number of nitro groups is 3. The zero-order chi connectivity index (χ0) is 24.1. The smallest absolute Gasteiger partial charge is 0.306 e. The van der Waals surface area contributed by atoms with Gasteiger partial charge in [-0.1, -0.05) is 0 Å². The Hall–Kier alpha value is -5.07. The van der Waals surface area contributed by atoms with Gasteiger partial charge in [-0.25, -0.2) is 0 Å². The molecular formula is C20H15N5O8. The van der Waals surface area contributed by atoms with Crippen molar-refractivity contribution in [3.05, 3.63) is 96.6 Å². The number of hydrogen-bond donors (Lipinski definition) is 2. The molecule has 3 aromatic carbocycles. The highest BCUT2D eigenvalue weighted by Crippen LogP contribution is 2.40. The highest BCUT2D eigenvalue weighted by Gasteiger charge is 2.30. The van der Waals surface area contributed by atoms with Gasteiger partial charge in [0.05, 0.1) is 34.0 Å². The molecule has 0 aliphatic carbocycles. The van der Waals surface area contributed by atoms with Gasteiger partial charge in [0, 0.05) is 16.9 Å². The van der Waals surface area contributed by atoms with Gasteiger partial charge in [0.1, 0.15) is 5.75 Å². The molecule has 0 atom stereocenters. The molecule has 0 spiro atoms. The summed E-state index contributed by atoms with van der Waals surface area (Å²) >= 11 is 0. The maximum Gasteiger partial charge on any atom is 0.306 e. The largest absolute Gasteiger partial charge is 0.497 e. The van der Waals surface area contributed by atoms with Crippen LogP contribution in [0.4, 0.5) is 34.1 Å². The lowest BCUT2D eigenvalue weighted by atomic mass is 10.1. The Bertz CT molecular complexity index is 1210. The molecule has 0 radical (unpaired) electrons. The second kappa shape index (κ2) is 9.38. The van der Waals surface area contributed by atoms with Gasteiger partial charge in [0.15, 0.2) is 5.69 Å². The van der Waals surface area contributed by atoms with Gasteiger partial charge in [-0.3, -0.25) is 35.1 Å². The number of anilines is 3. The molecule has 0 saturated carbocycles. The zero-order valence-corrected chi connectivity index (χ0v) is 16.9. The van der Waals surface area contributed by atoms with Crippen LogP contribution in [-0.2, 0) is 0 Å². The first-order chi connectivity index (χ1) is 15.7. The molecule has 3 aromatic rings. The maximum atomic E-state index is 12.4. The van der Waals surface area contributed by atoms with E-state index in [0.717, 1.165) is 0 Å². The van der Waals surface area contributed by atoms with Crippen LogP contribution >= 0.6 is 0 Å². The third-order valence-corrected chi connectivity index (χ3v) is 4.45. The van der Waals surface area contributed by atoms with Crippen LogP contribution in [0.25, 0.3) is 0 Å². The lowest BCUT2D eigenvalue weighted by Gasteiger charge is -2.09. The van der Waals surface area contributed by atoms with Crippen LogP contribution in [0, 0.1) is 30.3 Å². The number of amides is 1. The van der Waals surface area contributed by atoms with Gasteiger partial charge >= 0.3 is 11.4 Å². The van der Waals surface area contributed by atoms with Crippen LogP contribution in [0.15, 0.2) is 60.7 Å². The fourth-order valence-electron chi connectivity index (χ4n) is 2.85. The minimum Gasteiger partial charge on any atom is -0.497 e. The summed E-state index contributed by atoms with van der Waals surface area (Å²) in [5, 5.41) is 39.0. The average molecular weight is 453 g/mol. The van der Waals surface area contributed by atoms with E-state index < -0.39 is 43.4 Å². The maximum absolute atomic E-state index is 12.4. The first-order valence-corrected chi connectivity index (χ1v) is 9.13. The molecule has 0 aliphatic rings. The summed E-state index contributed by atoms with van der Waals surface area (Å²) < 4.78 is 5.05. The SMILES string of the molecule is COc1ccc(NC(=O)c2ccc(Nc3c([N+](=O)[O-])cc([N+](=O)[O-])cc3[N+](=O)[O-])cc2)cc1. The van der Waals surface area contributed by atoms with E-state index in [0.29, 0.717) is 23.6 Å². The Balaban J connectivity index is 1.85. The molecule has 0 saturated heterocycles. The number of hydrogen-bond acceptors (Lipinski definition) is 9. The lowest BCUT2D eigenvalue weighted by Crippen LogP contribution is -2.11. The van der Waals surface area contributed by atoms with Crippen LogP contribution in [0.1, 0.15) is 10.4 Å². The first-order valence-electron chi connectivity index (χ1n) is 9.13. The Morgan fingerprint density at radius 3 is 1.76 bits per heavy atom.